The summed E-state index contributed by atoms with van der Waals surface area (Å²) in [6.45, 7) is 0. The van der Waals surface area contributed by atoms with Gasteiger partial charge in [0.1, 0.15) is 22.3 Å². The molecule has 0 N–H and O–H groups in total. The van der Waals surface area contributed by atoms with Crippen LogP contribution in [0, 0.1) is 20.2 Å². The second-order valence-electron chi connectivity index (χ2n) is 9.30. The summed E-state index contributed by atoms with van der Waals surface area (Å²) in [7, 11) is 0. The van der Waals surface area contributed by atoms with E-state index in [4.69, 9.17) is 8.83 Å². The lowest BCUT2D eigenvalue weighted by Crippen LogP contribution is -1.90. The quantitative estimate of drug-likeness (QED) is 0.174. The number of nitrogens with zero attached hydrogens (tertiary/aromatic N) is 2. The van der Waals surface area contributed by atoms with Crippen LogP contribution in [0.1, 0.15) is 0 Å². The van der Waals surface area contributed by atoms with Crippen LogP contribution in [0.4, 0.5) is 11.4 Å². The number of hydrogen-bond acceptors (Lipinski definition) is 6. The van der Waals surface area contributed by atoms with Gasteiger partial charge in [0.2, 0.25) is 0 Å². The van der Waals surface area contributed by atoms with Gasteiger partial charge in [-0.3, -0.25) is 20.2 Å². The minimum Gasteiger partial charge on any atom is -0.455 e. The monoisotopic (exact) mass is 498 g/mol. The Morgan fingerprint density at radius 3 is 1.18 bits per heavy atom. The van der Waals surface area contributed by atoms with Crippen molar-refractivity contribution in [2.45, 2.75) is 0 Å². The van der Waals surface area contributed by atoms with Crippen LogP contribution in [0.3, 0.4) is 0 Å². The maximum Gasteiger partial charge on any atom is 0.280 e. The standard InChI is InChI=1S/C30H14N2O6/c33-31(34)21-13-23-25(17-9-3-1-7-15(17)21)27-28-26-18-10-4-2-8-16(18)22(32(35)36)14-24(26)38-30(28)20-12-6-5-11-19(20)29(27)37-23/h1-14H. The predicted molar refractivity (Wildman–Crippen MR) is 147 cm³/mol. The Balaban J connectivity index is 1.76. The molecule has 2 aromatic heterocycles. The summed E-state index contributed by atoms with van der Waals surface area (Å²) in [4.78, 5) is 23.1. The molecule has 6 aromatic carbocycles. The Hall–Kier alpha value is -5.50. The van der Waals surface area contributed by atoms with Crippen LogP contribution in [0.2, 0.25) is 0 Å². The Morgan fingerprint density at radius 1 is 0.474 bits per heavy atom. The zero-order valence-corrected chi connectivity index (χ0v) is 19.4. The third-order valence-corrected chi connectivity index (χ3v) is 7.41. The molecule has 0 atom stereocenters. The molecule has 180 valence electrons. The van der Waals surface area contributed by atoms with Gasteiger partial charge in [-0.25, -0.2) is 0 Å². The average Bonchev–Trinajstić information content (AvgIpc) is 3.51. The van der Waals surface area contributed by atoms with Gasteiger partial charge in [0, 0.05) is 43.1 Å². The van der Waals surface area contributed by atoms with Gasteiger partial charge in [-0.05, 0) is 12.1 Å². The van der Waals surface area contributed by atoms with Crippen LogP contribution >= 0.6 is 0 Å². The lowest BCUT2D eigenvalue weighted by Gasteiger charge is -2.04. The van der Waals surface area contributed by atoms with E-state index in [0.29, 0.717) is 43.9 Å². The maximum absolute atomic E-state index is 12.0. The number of hydrogen-bond donors (Lipinski definition) is 0. The highest BCUT2D eigenvalue weighted by atomic mass is 16.6. The molecule has 8 heteroatoms. The zero-order chi connectivity index (χ0) is 25.7. The van der Waals surface area contributed by atoms with Crippen molar-refractivity contribution in [2.24, 2.45) is 0 Å². The third kappa shape index (κ3) is 2.48. The normalized spacial score (nSPS) is 12.1. The Labute approximate surface area is 211 Å². The molecule has 0 saturated heterocycles. The molecular formula is C30H14N2O6. The maximum atomic E-state index is 12.0. The summed E-state index contributed by atoms with van der Waals surface area (Å²) in [5, 5.41) is 30.9. The SMILES string of the molecule is O=[N+]([O-])c1cc2oc3c4ccccc4c4oc5cc([N+](=O)[O-])c6ccccc6c5c4c3c2c2ccccc12. The molecule has 38 heavy (non-hydrogen) atoms. The van der Waals surface area contributed by atoms with Crippen LogP contribution < -0.4 is 0 Å². The van der Waals surface area contributed by atoms with Crippen molar-refractivity contribution in [3.8, 4) is 0 Å². The van der Waals surface area contributed by atoms with E-state index >= 15 is 0 Å². The highest BCUT2D eigenvalue weighted by Crippen LogP contribution is 2.49. The summed E-state index contributed by atoms with van der Waals surface area (Å²) in [6, 6.07) is 25.0. The van der Waals surface area contributed by atoms with Crippen molar-refractivity contribution in [1.82, 2.24) is 0 Å². The van der Waals surface area contributed by atoms with E-state index in [9.17, 15) is 20.2 Å². The Kier molecular flexibility index (Phi) is 3.83. The molecule has 0 saturated carbocycles. The Bertz CT molecular complexity index is 2200. The largest absolute Gasteiger partial charge is 0.455 e. The van der Waals surface area contributed by atoms with Gasteiger partial charge < -0.3 is 8.83 Å². The van der Waals surface area contributed by atoms with Crippen LogP contribution in [-0.2, 0) is 0 Å². The highest BCUT2D eigenvalue weighted by Gasteiger charge is 2.27. The molecule has 0 aliphatic heterocycles. The molecule has 0 fully saturated rings. The Morgan fingerprint density at radius 2 is 0.816 bits per heavy atom. The summed E-state index contributed by atoms with van der Waals surface area (Å²) >= 11 is 0. The van der Waals surface area contributed by atoms with Crippen molar-refractivity contribution in [1.29, 1.82) is 0 Å². The fourth-order valence-electron chi connectivity index (χ4n) is 5.93. The number of rotatable bonds is 2. The highest BCUT2D eigenvalue weighted by molar-refractivity contribution is 6.40. The molecule has 0 spiro atoms. The number of benzene rings is 6. The lowest BCUT2D eigenvalue weighted by atomic mass is 9.95. The van der Waals surface area contributed by atoms with Crippen LogP contribution in [0.15, 0.2) is 93.8 Å². The summed E-state index contributed by atoms with van der Waals surface area (Å²) in [5.41, 5.74) is 1.88. The minimum atomic E-state index is -0.400. The van der Waals surface area contributed by atoms with E-state index < -0.39 is 9.85 Å². The van der Waals surface area contributed by atoms with E-state index in [-0.39, 0.29) is 11.4 Å². The van der Waals surface area contributed by atoms with E-state index in [1.165, 1.54) is 12.1 Å². The molecule has 0 bridgehead atoms. The third-order valence-electron chi connectivity index (χ3n) is 7.41. The molecule has 2 heterocycles. The number of non-ortho nitro benzene ring substituents is 2. The molecule has 0 unspecified atom stereocenters. The molecule has 8 aromatic rings. The molecule has 0 aliphatic rings. The van der Waals surface area contributed by atoms with Crippen LogP contribution in [0.25, 0.3) is 76.2 Å². The average molecular weight is 498 g/mol. The first-order chi connectivity index (χ1) is 18.5. The van der Waals surface area contributed by atoms with Gasteiger partial charge in [0.15, 0.2) is 0 Å². The fraction of sp³-hybridized carbons (Fsp3) is 0. The zero-order valence-electron chi connectivity index (χ0n) is 19.4. The minimum absolute atomic E-state index is 0.0363. The lowest BCUT2D eigenvalue weighted by molar-refractivity contribution is -0.383. The predicted octanol–water partition coefficient (Wildman–Crippen LogP) is 8.76. The fourth-order valence-corrected chi connectivity index (χ4v) is 5.93. The summed E-state index contributed by atoms with van der Waals surface area (Å²) < 4.78 is 12.8. The van der Waals surface area contributed by atoms with E-state index in [1.54, 1.807) is 24.3 Å². The van der Waals surface area contributed by atoms with Gasteiger partial charge >= 0.3 is 0 Å². The van der Waals surface area contributed by atoms with Gasteiger partial charge in [-0.1, -0.05) is 60.7 Å². The van der Waals surface area contributed by atoms with Gasteiger partial charge in [-0.15, -0.1) is 0 Å². The first-order valence-corrected chi connectivity index (χ1v) is 11.9. The van der Waals surface area contributed by atoms with Crippen molar-refractivity contribution < 1.29 is 18.7 Å². The first-order valence-electron chi connectivity index (χ1n) is 11.9. The number of nitro benzene ring substituents is 2. The van der Waals surface area contributed by atoms with Gasteiger partial charge in [0.05, 0.1) is 32.8 Å². The second-order valence-corrected chi connectivity index (χ2v) is 9.30. The van der Waals surface area contributed by atoms with E-state index in [0.717, 1.165) is 32.3 Å². The molecule has 0 amide bonds. The smallest absolute Gasteiger partial charge is 0.280 e. The van der Waals surface area contributed by atoms with Crippen LogP contribution in [0.5, 0.6) is 0 Å². The van der Waals surface area contributed by atoms with Crippen molar-refractivity contribution in [3.63, 3.8) is 0 Å². The van der Waals surface area contributed by atoms with Gasteiger partial charge in [0.25, 0.3) is 11.4 Å². The molecular weight excluding hydrogens is 484 g/mol. The van der Waals surface area contributed by atoms with Crippen molar-refractivity contribution in [3.05, 3.63) is 105 Å². The van der Waals surface area contributed by atoms with Crippen molar-refractivity contribution >= 4 is 87.6 Å². The number of fused-ring (bicyclic) bond motifs is 14. The topological polar surface area (TPSA) is 113 Å². The van der Waals surface area contributed by atoms with Crippen molar-refractivity contribution in [2.75, 3.05) is 0 Å². The van der Waals surface area contributed by atoms with Crippen LogP contribution in [-0.4, -0.2) is 9.85 Å². The van der Waals surface area contributed by atoms with Gasteiger partial charge in [-0.2, -0.15) is 0 Å². The van der Waals surface area contributed by atoms with E-state index in [1.807, 2.05) is 48.5 Å². The summed E-state index contributed by atoms with van der Waals surface area (Å²) in [6.07, 6.45) is 0. The molecule has 0 aliphatic carbocycles. The number of furan rings is 2. The molecule has 0 radical (unpaired) electrons. The second kappa shape index (κ2) is 7.04. The molecule has 8 nitrogen and oxygen atoms in total. The van der Waals surface area contributed by atoms with E-state index in [2.05, 4.69) is 0 Å². The first kappa shape index (κ1) is 20.7. The summed E-state index contributed by atoms with van der Waals surface area (Å²) in [5.74, 6) is 0. The number of nitro groups is 2. The molecule has 8 rings (SSSR count).